The molecule has 0 bridgehead atoms. The number of hydrogen-bond acceptors (Lipinski definition) is 5. The zero-order chi connectivity index (χ0) is 14.7. The molecule has 0 radical (unpaired) electrons. The van der Waals surface area contributed by atoms with E-state index in [1.807, 2.05) is 17.9 Å². The van der Waals surface area contributed by atoms with Crippen LogP contribution in [0.3, 0.4) is 0 Å². The fourth-order valence-electron chi connectivity index (χ4n) is 2.37. The van der Waals surface area contributed by atoms with Crippen LogP contribution in [0.15, 0.2) is 12.4 Å². The lowest BCUT2D eigenvalue weighted by Gasteiger charge is -2.40. The molecular weight excluding hydrogens is 258 g/mol. The topological polar surface area (TPSA) is 78.4 Å². The third kappa shape index (κ3) is 2.87. The van der Waals surface area contributed by atoms with E-state index >= 15 is 0 Å². The number of aromatic nitrogens is 2. The number of nitrogens with one attached hydrogen (secondary N) is 1. The number of likely N-dealkylation sites (N-methyl/N-ethyl adjacent to an activating group) is 1. The Morgan fingerprint density at radius 3 is 2.70 bits per heavy atom. The minimum Gasteiger partial charge on any atom is -0.357 e. The molecule has 0 spiro atoms. The van der Waals surface area contributed by atoms with E-state index in [0.717, 1.165) is 11.5 Å². The number of aryl methyl sites for hydroxylation is 1. The van der Waals surface area contributed by atoms with Crippen LogP contribution in [-0.4, -0.2) is 59.4 Å². The van der Waals surface area contributed by atoms with Crippen LogP contribution < -0.4 is 10.2 Å². The lowest BCUT2D eigenvalue weighted by Crippen LogP contribution is -2.60. The number of rotatable bonds is 2. The van der Waals surface area contributed by atoms with Crippen molar-refractivity contribution in [1.29, 1.82) is 0 Å². The second-order valence-electron chi connectivity index (χ2n) is 4.81. The molecule has 0 aromatic carbocycles. The van der Waals surface area contributed by atoms with E-state index in [2.05, 4.69) is 15.3 Å². The Hall–Kier alpha value is -2.18. The van der Waals surface area contributed by atoms with Crippen LogP contribution in [0.1, 0.15) is 12.6 Å². The molecule has 1 fully saturated rings. The first-order chi connectivity index (χ1) is 9.52. The monoisotopic (exact) mass is 277 g/mol. The van der Waals surface area contributed by atoms with Gasteiger partial charge in [0.2, 0.25) is 11.8 Å². The minimum atomic E-state index is -0.485. The van der Waals surface area contributed by atoms with Gasteiger partial charge in [-0.15, -0.1) is 0 Å². The van der Waals surface area contributed by atoms with E-state index in [0.29, 0.717) is 19.6 Å². The van der Waals surface area contributed by atoms with Crippen LogP contribution in [0.2, 0.25) is 0 Å². The van der Waals surface area contributed by atoms with E-state index in [1.165, 1.54) is 13.3 Å². The van der Waals surface area contributed by atoms with Crippen LogP contribution >= 0.6 is 0 Å². The van der Waals surface area contributed by atoms with Crippen LogP contribution in [0.4, 0.5) is 5.82 Å². The van der Waals surface area contributed by atoms with Gasteiger partial charge in [-0.25, -0.2) is 9.97 Å². The smallest absolute Gasteiger partial charge is 0.244 e. The Kier molecular flexibility index (Phi) is 4.16. The van der Waals surface area contributed by atoms with Gasteiger partial charge in [-0.2, -0.15) is 0 Å². The molecule has 1 aliphatic heterocycles. The molecule has 7 heteroatoms. The Balaban J connectivity index is 2.20. The van der Waals surface area contributed by atoms with Gasteiger partial charge in [0.15, 0.2) is 0 Å². The largest absolute Gasteiger partial charge is 0.357 e. The zero-order valence-electron chi connectivity index (χ0n) is 12.0. The number of carbonyl (C=O) groups excluding carboxylic acids is 2. The summed E-state index contributed by atoms with van der Waals surface area (Å²) in [5.74, 6) is 0.544. The summed E-state index contributed by atoms with van der Waals surface area (Å²) >= 11 is 0. The van der Waals surface area contributed by atoms with Crippen molar-refractivity contribution in [3.05, 3.63) is 18.1 Å². The van der Waals surface area contributed by atoms with Crippen LogP contribution in [0.5, 0.6) is 0 Å². The van der Waals surface area contributed by atoms with Crippen LogP contribution in [0.25, 0.3) is 0 Å². The molecule has 1 N–H and O–H groups in total. The summed E-state index contributed by atoms with van der Waals surface area (Å²) in [6.45, 7) is 4.99. The first-order valence-electron chi connectivity index (χ1n) is 6.55. The average molecular weight is 277 g/mol. The number of anilines is 1. The summed E-state index contributed by atoms with van der Waals surface area (Å²) in [5, 5.41) is 2.61. The van der Waals surface area contributed by atoms with Crippen molar-refractivity contribution in [2.45, 2.75) is 19.9 Å². The van der Waals surface area contributed by atoms with E-state index in [9.17, 15) is 9.59 Å². The van der Waals surface area contributed by atoms with Gasteiger partial charge in [-0.3, -0.25) is 9.59 Å². The molecule has 0 aliphatic carbocycles. The van der Waals surface area contributed by atoms with Gasteiger partial charge in [0, 0.05) is 45.4 Å². The molecule has 1 atom stereocenters. The molecule has 2 heterocycles. The highest BCUT2D eigenvalue weighted by Gasteiger charge is 2.33. The third-order valence-corrected chi connectivity index (χ3v) is 3.45. The first-order valence-corrected chi connectivity index (χ1v) is 6.55. The minimum absolute atomic E-state index is 0.0860. The van der Waals surface area contributed by atoms with Crippen LogP contribution in [-0.2, 0) is 9.59 Å². The van der Waals surface area contributed by atoms with Gasteiger partial charge in [0.25, 0.3) is 0 Å². The molecule has 1 saturated heterocycles. The van der Waals surface area contributed by atoms with Crippen molar-refractivity contribution in [1.82, 2.24) is 20.2 Å². The summed E-state index contributed by atoms with van der Waals surface area (Å²) in [6, 6.07) is 1.39. The van der Waals surface area contributed by atoms with Gasteiger partial charge in [-0.05, 0) is 6.92 Å². The molecule has 1 unspecified atom stereocenters. The molecule has 20 heavy (non-hydrogen) atoms. The van der Waals surface area contributed by atoms with Gasteiger partial charge in [-0.1, -0.05) is 0 Å². The van der Waals surface area contributed by atoms with Crippen molar-refractivity contribution in [3.8, 4) is 0 Å². The van der Waals surface area contributed by atoms with Gasteiger partial charge in [0.05, 0.1) is 0 Å². The molecule has 0 saturated carbocycles. The summed E-state index contributed by atoms with van der Waals surface area (Å²) in [5.41, 5.74) is 0.875. The molecule has 1 aromatic rings. The Morgan fingerprint density at radius 2 is 2.10 bits per heavy atom. The van der Waals surface area contributed by atoms with E-state index < -0.39 is 6.04 Å². The highest BCUT2D eigenvalue weighted by molar-refractivity contribution is 5.87. The number of piperazine rings is 1. The predicted molar refractivity (Wildman–Crippen MR) is 74.2 cm³/mol. The van der Waals surface area contributed by atoms with Gasteiger partial charge >= 0.3 is 0 Å². The summed E-state index contributed by atoms with van der Waals surface area (Å²) in [4.78, 5) is 35.5. The second-order valence-corrected chi connectivity index (χ2v) is 4.81. The fraction of sp³-hybridized carbons (Fsp3) is 0.538. The lowest BCUT2D eigenvalue weighted by atomic mass is 10.1. The molecule has 108 valence electrons. The van der Waals surface area contributed by atoms with Gasteiger partial charge in [0.1, 0.15) is 18.2 Å². The summed E-state index contributed by atoms with van der Waals surface area (Å²) in [7, 11) is 1.58. The third-order valence-electron chi connectivity index (χ3n) is 3.45. The van der Waals surface area contributed by atoms with Gasteiger partial charge < -0.3 is 15.1 Å². The molecular formula is C13H19N5O2. The van der Waals surface area contributed by atoms with Crippen molar-refractivity contribution in [3.63, 3.8) is 0 Å². The maximum Gasteiger partial charge on any atom is 0.244 e. The zero-order valence-corrected chi connectivity index (χ0v) is 12.0. The quantitative estimate of drug-likeness (QED) is 0.793. The number of nitrogens with zero attached hydrogens (tertiary/aromatic N) is 4. The number of amides is 2. The Labute approximate surface area is 118 Å². The SMILES string of the molecule is CNC(=O)C1CN(c2cc(C)ncn2)CCN1C(C)=O. The normalized spacial score (nSPS) is 18.9. The molecule has 7 nitrogen and oxygen atoms in total. The molecule has 2 rings (SSSR count). The van der Waals surface area contributed by atoms with Crippen molar-refractivity contribution >= 4 is 17.6 Å². The summed E-state index contributed by atoms with van der Waals surface area (Å²) in [6.07, 6.45) is 1.51. The van der Waals surface area contributed by atoms with E-state index in [4.69, 9.17) is 0 Å². The standard InChI is InChI=1S/C13H19N5O2/c1-9-6-12(16-8-15-9)17-4-5-18(10(2)19)11(7-17)13(20)14-3/h6,8,11H,4-5,7H2,1-3H3,(H,14,20). The highest BCUT2D eigenvalue weighted by Crippen LogP contribution is 2.17. The van der Waals surface area contributed by atoms with E-state index in [-0.39, 0.29) is 11.8 Å². The fourth-order valence-corrected chi connectivity index (χ4v) is 2.37. The lowest BCUT2D eigenvalue weighted by molar-refractivity contribution is -0.139. The van der Waals surface area contributed by atoms with Crippen molar-refractivity contribution in [2.75, 3.05) is 31.6 Å². The van der Waals surface area contributed by atoms with E-state index in [1.54, 1.807) is 11.9 Å². The average Bonchev–Trinajstić information content (AvgIpc) is 2.45. The first kappa shape index (κ1) is 14.2. The number of hydrogen-bond donors (Lipinski definition) is 1. The summed E-state index contributed by atoms with van der Waals surface area (Å²) < 4.78 is 0. The maximum absolute atomic E-state index is 12.0. The molecule has 1 aliphatic rings. The predicted octanol–water partition coefficient (Wildman–Crippen LogP) is -0.432. The van der Waals surface area contributed by atoms with Crippen molar-refractivity contribution in [2.24, 2.45) is 0 Å². The van der Waals surface area contributed by atoms with Crippen molar-refractivity contribution < 1.29 is 9.59 Å². The maximum atomic E-state index is 12.0. The Morgan fingerprint density at radius 1 is 1.35 bits per heavy atom. The van der Waals surface area contributed by atoms with Crippen LogP contribution in [0, 0.1) is 6.92 Å². The number of carbonyl (C=O) groups is 2. The Bertz CT molecular complexity index is 519. The second kappa shape index (κ2) is 5.85. The molecule has 1 aromatic heterocycles. The highest BCUT2D eigenvalue weighted by atomic mass is 16.2. The molecule has 2 amide bonds.